The van der Waals surface area contributed by atoms with Crippen LogP contribution in [0.1, 0.15) is 40.5 Å². The third-order valence-corrected chi connectivity index (χ3v) is 3.08. The third kappa shape index (κ3) is 9.87. The summed E-state index contributed by atoms with van der Waals surface area (Å²) in [5, 5.41) is 0. The first kappa shape index (κ1) is 24.4. The first-order chi connectivity index (χ1) is 7.61. The zero-order chi connectivity index (χ0) is 12.0. The maximum atomic E-state index is 2.23. The number of hydrogen-bond donors (Lipinski definition) is 0. The van der Waals surface area contributed by atoms with E-state index < -0.39 is 0 Å². The van der Waals surface area contributed by atoms with Crippen LogP contribution in [0, 0.1) is 11.8 Å². The topological polar surface area (TPSA) is 0 Å². The monoisotopic (exact) mass is 466 g/mol. The summed E-state index contributed by atoms with van der Waals surface area (Å²) in [6.07, 6.45) is 15.5. The van der Waals surface area contributed by atoms with Crippen LogP contribution in [0.3, 0.4) is 0 Å². The van der Waals surface area contributed by atoms with E-state index in [1.165, 1.54) is 12.8 Å². The Bertz CT molecular complexity index is 303. The van der Waals surface area contributed by atoms with E-state index in [2.05, 4.69) is 64.2 Å². The number of allylic oxidation sites excluding steroid dienone is 8. The molecule has 0 bridgehead atoms. The summed E-state index contributed by atoms with van der Waals surface area (Å²) in [4.78, 5) is 0. The summed E-state index contributed by atoms with van der Waals surface area (Å²) >= 11 is 0. The van der Waals surface area contributed by atoms with Gasteiger partial charge >= 0.3 is 25.8 Å². The van der Waals surface area contributed by atoms with Gasteiger partial charge < -0.3 is 24.8 Å². The Labute approximate surface area is 150 Å². The number of halogens is 2. The SMILES string of the molecule is CC(C)C1=CC=CC1.CC(C)C1=CC=CC1.[Cl-].[Cl-].[Hf+2]. The molecule has 0 spiro atoms. The number of rotatable bonds is 2. The Hall–Kier alpha value is 0.410. The van der Waals surface area contributed by atoms with Crippen molar-refractivity contribution in [3.63, 3.8) is 0 Å². The maximum Gasteiger partial charge on any atom is 2.00 e. The average molecular weight is 466 g/mol. The Balaban J connectivity index is -0.000000233. The molecule has 0 unspecified atom stereocenters. The first-order valence-corrected chi connectivity index (χ1v) is 6.32. The summed E-state index contributed by atoms with van der Waals surface area (Å²) in [6.45, 7) is 8.94. The summed E-state index contributed by atoms with van der Waals surface area (Å²) < 4.78 is 0. The molecular weight excluding hydrogens is 442 g/mol. The van der Waals surface area contributed by atoms with Crippen LogP contribution >= 0.6 is 0 Å². The van der Waals surface area contributed by atoms with Gasteiger partial charge in [0.2, 0.25) is 0 Å². The standard InChI is InChI=1S/2C8H12.2ClH.Hf/c2*1-7(2)8-5-3-4-6-8;;;/h2*3-5,7H,6H2,1-2H3;2*1H;/q;;;;+2/p-2. The van der Waals surface area contributed by atoms with Crippen molar-refractivity contribution >= 4 is 0 Å². The molecule has 0 fully saturated rings. The summed E-state index contributed by atoms with van der Waals surface area (Å²) in [5.41, 5.74) is 3.12. The molecule has 0 amide bonds. The Kier molecular flexibility index (Phi) is 17.2. The molecule has 0 saturated carbocycles. The van der Waals surface area contributed by atoms with Gasteiger partial charge in [0.25, 0.3) is 0 Å². The van der Waals surface area contributed by atoms with Crippen LogP contribution in [-0.2, 0) is 25.8 Å². The summed E-state index contributed by atoms with van der Waals surface area (Å²) in [7, 11) is 0. The van der Waals surface area contributed by atoms with Gasteiger partial charge in [0.15, 0.2) is 0 Å². The molecule has 2 rings (SSSR count). The molecule has 2 aliphatic rings. The molecule has 0 atom stereocenters. The largest absolute Gasteiger partial charge is 2.00 e. The molecule has 0 saturated heterocycles. The fraction of sp³-hybridized carbons (Fsp3) is 0.500. The summed E-state index contributed by atoms with van der Waals surface area (Å²) in [5.74, 6) is 1.48. The molecule has 0 aromatic carbocycles. The van der Waals surface area contributed by atoms with Crippen molar-refractivity contribution in [2.24, 2.45) is 11.8 Å². The molecule has 0 nitrogen and oxygen atoms in total. The minimum absolute atomic E-state index is 0. The van der Waals surface area contributed by atoms with Crippen LogP contribution in [0.4, 0.5) is 0 Å². The second-order valence-corrected chi connectivity index (χ2v) is 5.06. The van der Waals surface area contributed by atoms with Crippen LogP contribution in [-0.4, -0.2) is 0 Å². The minimum Gasteiger partial charge on any atom is -1.00 e. The van der Waals surface area contributed by atoms with Gasteiger partial charge in [-0.2, -0.15) is 0 Å². The van der Waals surface area contributed by atoms with Crippen molar-refractivity contribution in [3.8, 4) is 0 Å². The second kappa shape index (κ2) is 13.4. The Morgan fingerprint density at radius 1 is 0.737 bits per heavy atom. The van der Waals surface area contributed by atoms with Gasteiger partial charge in [-0.25, -0.2) is 0 Å². The average Bonchev–Trinajstić information content (AvgIpc) is 2.93. The van der Waals surface area contributed by atoms with Crippen molar-refractivity contribution in [1.82, 2.24) is 0 Å². The summed E-state index contributed by atoms with van der Waals surface area (Å²) in [6, 6.07) is 0. The van der Waals surface area contributed by atoms with E-state index in [9.17, 15) is 0 Å². The molecule has 3 heteroatoms. The zero-order valence-corrected chi connectivity index (χ0v) is 17.4. The van der Waals surface area contributed by atoms with E-state index in [0.717, 1.165) is 11.8 Å². The predicted octanol–water partition coefficient (Wildman–Crippen LogP) is -0.937. The van der Waals surface area contributed by atoms with E-state index in [0.29, 0.717) is 0 Å². The maximum absolute atomic E-state index is 2.23. The fourth-order valence-corrected chi connectivity index (χ4v) is 1.78. The van der Waals surface area contributed by atoms with Crippen LogP contribution in [0.25, 0.3) is 0 Å². The van der Waals surface area contributed by atoms with Gasteiger partial charge in [0.05, 0.1) is 0 Å². The van der Waals surface area contributed by atoms with Crippen molar-refractivity contribution in [2.45, 2.75) is 40.5 Å². The van der Waals surface area contributed by atoms with Crippen molar-refractivity contribution < 1.29 is 50.7 Å². The van der Waals surface area contributed by atoms with E-state index >= 15 is 0 Å². The van der Waals surface area contributed by atoms with E-state index in [1.54, 1.807) is 11.1 Å². The van der Waals surface area contributed by atoms with E-state index in [-0.39, 0.29) is 50.7 Å². The van der Waals surface area contributed by atoms with Crippen molar-refractivity contribution in [1.29, 1.82) is 0 Å². The molecule has 0 aromatic rings. The number of hydrogen-bond acceptors (Lipinski definition) is 0. The zero-order valence-electron chi connectivity index (χ0n) is 12.3. The molecule has 0 aliphatic heterocycles. The third-order valence-electron chi connectivity index (χ3n) is 3.08. The quantitative estimate of drug-likeness (QED) is 0.462. The van der Waals surface area contributed by atoms with Crippen LogP contribution in [0.15, 0.2) is 47.6 Å². The van der Waals surface area contributed by atoms with Gasteiger partial charge in [-0.1, -0.05) is 75.3 Å². The van der Waals surface area contributed by atoms with Gasteiger partial charge in [-0.15, -0.1) is 0 Å². The van der Waals surface area contributed by atoms with Crippen molar-refractivity contribution in [2.75, 3.05) is 0 Å². The predicted molar refractivity (Wildman–Crippen MR) is 73.4 cm³/mol. The fourth-order valence-electron chi connectivity index (χ4n) is 1.78. The van der Waals surface area contributed by atoms with Crippen LogP contribution < -0.4 is 24.8 Å². The van der Waals surface area contributed by atoms with Crippen LogP contribution in [0.2, 0.25) is 0 Å². The van der Waals surface area contributed by atoms with E-state index in [1.807, 2.05) is 0 Å². The first-order valence-electron chi connectivity index (χ1n) is 6.32. The van der Waals surface area contributed by atoms with Gasteiger partial charge in [-0.05, 0) is 24.7 Å². The van der Waals surface area contributed by atoms with Crippen LogP contribution in [0.5, 0.6) is 0 Å². The normalized spacial score (nSPS) is 14.8. The molecular formula is C16H24Cl2Hf. The van der Waals surface area contributed by atoms with Gasteiger partial charge in [-0.3, -0.25) is 0 Å². The second-order valence-electron chi connectivity index (χ2n) is 5.06. The molecule has 0 radical (unpaired) electrons. The van der Waals surface area contributed by atoms with Gasteiger partial charge in [0, 0.05) is 0 Å². The Morgan fingerprint density at radius 3 is 1.16 bits per heavy atom. The molecule has 0 aromatic heterocycles. The molecule has 106 valence electrons. The molecule has 0 heterocycles. The molecule has 2 aliphatic carbocycles. The van der Waals surface area contributed by atoms with E-state index in [4.69, 9.17) is 0 Å². The molecule has 0 N–H and O–H groups in total. The smallest absolute Gasteiger partial charge is 1.00 e. The van der Waals surface area contributed by atoms with Crippen molar-refractivity contribution in [3.05, 3.63) is 47.6 Å². The Morgan fingerprint density at radius 2 is 1.05 bits per heavy atom. The molecule has 19 heavy (non-hydrogen) atoms. The van der Waals surface area contributed by atoms with Gasteiger partial charge in [0.1, 0.15) is 0 Å². The minimum atomic E-state index is 0.